The van der Waals surface area contributed by atoms with Crippen LogP contribution in [0, 0.1) is 11.8 Å². The normalized spacial score (nSPS) is 2.00. The zero-order valence-corrected chi connectivity index (χ0v) is 3.96. The molecule has 0 bridgehead atoms. The fraction of sp³-hybridized carbons (Fsp3) is 0. The monoisotopic (exact) mass is 165 g/mol. The second kappa shape index (κ2) is 102. The molecule has 0 aliphatic carbocycles. The first-order valence-electron chi connectivity index (χ1n) is 0.347. The molecule has 0 spiro atoms. The Hall–Kier alpha value is 0.450. The molecule has 0 fully saturated rings. The van der Waals surface area contributed by atoms with Crippen LogP contribution in [0.25, 0.3) is 0 Å². The molecule has 0 amide bonds. The third kappa shape index (κ3) is 25.4. The van der Waals surface area contributed by atoms with Crippen molar-refractivity contribution in [3.05, 3.63) is 6.57 Å². The second-order valence-corrected chi connectivity index (χ2v) is 0. The van der Waals surface area contributed by atoms with Gasteiger partial charge >= 0.3 is 28.8 Å². The number of rotatable bonds is 0. The van der Waals surface area contributed by atoms with Gasteiger partial charge in [0.15, 0.2) is 0 Å². The fourth-order valence-electron chi connectivity index (χ4n) is 0. The minimum atomic E-state index is 2.53. The van der Waals surface area contributed by atoms with Gasteiger partial charge in [-0.25, -0.2) is 0 Å². The van der Waals surface area contributed by atoms with E-state index in [4.69, 9.17) is 11.8 Å². The first-order valence-corrected chi connectivity index (χ1v) is 2.41. The van der Waals surface area contributed by atoms with Crippen molar-refractivity contribution in [2.24, 2.45) is 0 Å². The summed E-state index contributed by atoms with van der Waals surface area (Å²) < 4.78 is 0. The molecule has 0 heterocycles. The maximum absolute atomic E-state index is 6.25. The third-order valence-corrected chi connectivity index (χ3v) is 0. The van der Waals surface area contributed by atoms with Crippen LogP contribution in [0.5, 0.6) is 0 Å². The Morgan fingerprint density at radius 2 is 1.50 bits per heavy atom. The van der Waals surface area contributed by atoms with Crippen molar-refractivity contribution in [3.63, 3.8) is 0 Å². The van der Waals surface area contributed by atoms with Gasteiger partial charge in [-0.1, -0.05) is 0 Å². The van der Waals surface area contributed by atoms with Crippen molar-refractivity contribution in [1.29, 1.82) is 5.26 Å². The van der Waals surface area contributed by atoms with E-state index < -0.39 is 0 Å². The van der Waals surface area contributed by atoms with E-state index in [-0.39, 0.29) is 0 Å². The molecule has 0 radical (unpaired) electrons. The van der Waals surface area contributed by atoms with Gasteiger partial charge in [0, 0.05) is 0 Å². The molecule has 0 aromatic rings. The zero-order chi connectivity index (χ0) is 4.00. The molecule has 0 unspecified atom stereocenters. The molecule has 0 aliphatic rings. The summed E-state index contributed by atoms with van der Waals surface area (Å²) in [5.74, 6) is 0. The van der Waals surface area contributed by atoms with Gasteiger partial charge in [0.2, 0.25) is 0 Å². The van der Waals surface area contributed by atoms with Crippen molar-refractivity contribution in [3.8, 4) is 0 Å². The van der Waals surface area contributed by atoms with E-state index in [0.717, 1.165) is 0 Å². The zero-order valence-electron chi connectivity index (χ0n) is 1.66. The van der Waals surface area contributed by atoms with E-state index in [9.17, 15) is 0 Å². The molecular formula is CAgNS-. The molecule has 0 rings (SSSR count). The third-order valence-electron chi connectivity index (χ3n) is 0. The van der Waals surface area contributed by atoms with E-state index in [0.29, 0.717) is 0 Å². The van der Waals surface area contributed by atoms with Crippen LogP contribution < -0.4 is 0 Å². The molecule has 0 saturated carbocycles. The Morgan fingerprint density at radius 1 is 1.50 bits per heavy atom. The summed E-state index contributed by atoms with van der Waals surface area (Å²) in [6.45, 7) is 4.75. The van der Waals surface area contributed by atoms with Crippen LogP contribution in [0.4, 0.5) is 0 Å². The van der Waals surface area contributed by atoms with E-state index in [1.807, 2.05) is 0 Å². The van der Waals surface area contributed by atoms with E-state index >= 15 is 0 Å². The van der Waals surface area contributed by atoms with E-state index in [1.165, 1.54) is 0 Å². The van der Waals surface area contributed by atoms with Gasteiger partial charge in [0.25, 0.3) is 0 Å². The predicted molar refractivity (Wildman–Crippen MR) is 12.6 cm³/mol. The molecule has 0 N–H and O–H groups in total. The minimum absolute atomic E-state index is 2.53. The van der Waals surface area contributed by atoms with Crippen LogP contribution >= 0.6 is 9.58 Å². The molecular weight excluding hydrogens is 166 g/mol. The summed E-state index contributed by atoms with van der Waals surface area (Å²) >= 11 is 2.53. The van der Waals surface area contributed by atoms with Crippen molar-refractivity contribution in [2.75, 3.05) is 0 Å². The average molecular weight is 166 g/mol. The molecule has 0 aromatic heterocycles. The van der Waals surface area contributed by atoms with Gasteiger partial charge in [-0.15, -0.1) is 0 Å². The molecule has 3 heteroatoms. The van der Waals surface area contributed by atoms with E-state index in [1.54, 1.807) is 0 Å². The van der Waals surface area contributed by atoms with Crippen LogP contribution in [0.2, 0.25) is 0 Å². The molecule has 1 nitrogen and oxygen atoms in total. The number of hydrogen-bond donors (Lipinski definition) is 0. The summed E-state index contributed by atoms with van der Waals surface area (Å²) in [5, 5.41) is 6.25. The molecule has 27 valence electrons. The Kier molecular flexibility index (Phi) is 225. The van der Waals surface area contributed by atoms with Gasteiger partial charge in [0.05, 0.1) is 0 Å². The molecule has 0 aromatic carbocycles. The van der Waals surface area contributed by atoms with Crippen molar-refractivity contribution in [2.45, 2.75) is 0 Å². The van der Waals surface area contributed by atoms with Gasteiger partial charge in [-0.2, -0.15) is 0 Å². The van der Waals surface area contributed by atoms with E-state index in [2.05, 4.69) is 28.8 Å². The Labute approximate surface area is 40.8 Å². The predicted octanol–water partition coefficient (Wildman–Crippen LogP) is 0.742. The first-order chi connectivity index (χ1) is 2.00. The molecule has 4 heavy (non-hydrogen) atoms. The number of hydrogen-bond acceptors (Lipinski definition) is 2. The van der Waals surface area contributed by atoms with Crippen LogP contribution in [0.3, 0.4) is 0 Å². The van der Waals surface area contributed by atoms with Crippen molar-refractivity contribution in [1.82, 2.24) is 0 Å². The second-order valence-electron chi connectivity index (χ2n) is 0. The Bertz CT molecular complexity index is 19.2. The van der Waals surface area contributed by atoms with Crippen LogP contribution in [-0.2, 0) is 19.2 Å². The van der Waals surface area contributed by atoms with Gasteiger partial charge in [0.1, 0.15) is 0 Å². The quantitative estimate of drug-likeness (QED) is 0.391. The van der Waals surface area contributed by atoms with Crippen LogP contribution in [-0.4, -0.2) is 0 Å². The maximum atomic E-state index is 6.25. The van der Waals surface area contributed by atoms with Gasteiger partial charge in [-0.05, 0) is 0 Å². The summed E-state index contributed by atoms with van der Waals surface area (Å²) in [6, 6.07) is 0. The van der Waals surface area contributed by atoms with Crippen molar-refractivity contribution < 1.29 is 19.2 Å². The standard InChI is InChI=1S/CN.Ag.S/c1-2;;/q-1;;. The van der Waals surface area contributed by atoms with Gasteiger partial charge in [-0.3, -0.25) is 0 Å². The number of nitrogens with zero attached hydrogens (tertiary/aromatic N) is 1. The van der Waals surface area contributed by atoms with Gasteiger partial charge < -0.3 is 11.8 Å². The van der Waals surface area contributed by atoms with Crippen LogP contribution in [0.15, 0.2) is 0 Å². The molecule has 0 saturated heterocycles. The summed E-state index contributed by atoms with van der Waals surface area (Å²) in [4.78, 5) is 0. The average Bonchev–Trinajstić information content (AvgIpc) is 1.50. The molecule has 0 atom stereocenters. The Balaban J connectivity index is 0. The fourth-order valence-corrected chi connectivity index (χ4v) is 0. The van der Waals surface area contributed by atoms with Crippen molar-refractivity contribution >= 4 is 9.58 Å². The summed E-state index contributed by atoms with van der Waals surface area (Å²) in [6.07, 6.45) is 0. The SMILES string of the molecule is [C-]#N.[S]=[Ag]. The first kappa shape index (κ1) is 8.82. The summed E-state index contributed by atoms with van der Waals surface area (Å²) in [5.41, 5.74) is 0. The molecule has 0 aliphatic heterocycles. The Morgan fingerprint density at radius 3 is 1.50 bits per heavy atom. The topological polar surface area (TPSA) is 23.8 Å². The van der Waals surface area contributed by atoms with Crippen LogP contribution in [0.1, 0.15) is 0 Å². The summed E-state index contributed by atoms with van der Waals surface area (Å²) in [7, 11) is 3.89.